The first kappa shape index (κ1) is 37.6. The fourth-order valence-electron chi connectivity index (χ4n) is 11.4. The molecule has 1 nitrogen and oxygen atoms in total. The second kappa shape index (κ2) is 14.6. The molecule has 11 rings (SSSR count). The normalized spacial score (nSPS) is 15.7. The Kier molecular flexibility index (Phi) is 9.01. The molecule has 0 bridgehead atoms. The molecule has 1 heteroatoms. The van der Waals surface area contributed by atoms with Gasteiger partial charge in [0.15, 0.2) is 0 Å². The highest BCUT2D eigenvalue weighted by Gasteiger charge is 2.42. The van der Waals surface area contributed by atoms with Crippen LogP contribution in [0.2, 0.25) is 0 Å². The molecule has 0 atom stereocenters. The number of para-hydroxylation sites is 1. The summed E-state index contributed by atoms with van der Waals surface area (Å²) in [6.45, 7) is 9.67. The van der Waals surface area contributed by atoms with Crippen LogP contribution >= 0.6 is 0 Å². The molecule has 0 N–H and O–H groups in total. The summed E-state index contributed by atoms with van der Waals surface area (Å²) in [6.07, 6.45) is 6.75. The Morgan fingerprint density at radius 3 is 1.52 bits per heavy atom. The minimum Gasteiger partial charge on any atom is -0.310 e. The molecule has 1 fully saturated rings. The average molecular weight is 788 g/mol. The van der Waals surface area contributed by atoms with Crippen LogP contribution in [0.15, 0.2) is 182 Å². The molecule has 0 aromatic heterocycles. The van der Waals surface area contributed by atoms with Crippen LogP contribution in [0.25, 0.3) is 55.6 Å². The van der Waals surface area contributed by atoms with Crippen LogP contribution in [0.5, 0.6) is 0 Å². The van der Waals surface area contributed by atoms with Crippen molar-refractivity contribution >= 4 is 17.1 Å². The first-order valence-corrected chi connectivity index (χ1v) is 22.5. The third-order valence-electron chi connectivity index (χ3n) is 14.5. The van der Waals surface area contributed by atoms with Crippen molar-refractivity contribution in [3.8, 4) is 55.6 Å². The number of rotatable bonds is 7. The molecule has 0 amide bonds. The molecule has 298 valence electrons. The zero-order valence-electron chi connectivity index (χ0n) is 35.9. The van der Waals surface area contributed by atoms with Crippen molar-refractivity contribution in [1.29, 1.82) is 0 Å². The Morgan fingerprint density at radius 2 is 0.869 bits per heavy atom. The highest BCUT2D eigenvalue weighted by molar-refractivity contribution is 5.95. The summed E-state index contributed by atoms with van der Waals surface area (Å²) in [5.41, 5.74) is 23.2. The van der Waals surface area contributed by atoms with Gasteiger partial charge in [-0.2, -0.15) is 0 Å². The van der Waals surface area contributed by atoms with Gasteiger partial charge in [0, 0.05) is 27.8 Å². The number of anilines is 3. The van der Waals surface area contributed by atoms with E-state index in [-0.39, 0.29) is 10.8 Å². The Balaban J connectivity index is 1.02. The van der Waals surface area contributed by atoms with Gasteiger partial charge in [-0.1, -0.05) is 199 Å². The third kappa shape index (κ3) is 6.12. The minimum atomic E-state index is -0.242. The molecule has 0 spiro atoms. The summed E-state index contributed by atoms with van der Waals surface area (Å²) in [5.74, 6) is 0.712. The maximum atomic E-state index is 2.48. The van der Waals surface area contributed by atoms with E-state index in [9.17, 15) is 0 Å². The fourth-order valence-corrected chi connectivity index (χ4v) is 11.4. The summed E-state index contributed by atoms with van der Waals surface area (Å²) in [4.78, 5) is 2.47. The van der Waals surface area contributed by atoms with Gasteiger partial charge in [-0.05, 0) is 127 Å². The highest BCUT2D eigenvalue weighted by atomic mass is 15.1. The van der Waals surface area contributed by atoms with Gasteiger partial charge in [-0.15, -0.1) is 0 Å². The molecule has 3 aliphatic rings. The van der Waals surface area contributed by atoms with Crippen LogP contribution in [0.3, 0.4) is 0 Å². The number of benzene rings is 8. The lowest BCUT2D eigenvalue weighted by Gasteiger charge is -2.31. The van der Waals surface area contributed by atoms with E-state index < -0.39 is 0 Å². The molecule has 0 unspecified atom stereocenters. The van der Waals surface area contributed by atoms with Crippen molar-refractivity contribution in [3.05, 3.63) is 210 Å². The zero-order valence-corrected chi connectivity index (χ0v) is 35.9. The lowest BCUT2D eigenvalue weighted by molar-refractivity contribution is 0.443. The van der Waals surface area contributed by atoms with Gasteiger partial charge >= 0.3 is 0 Å². The quantitative estimate of drug-likeness (QED) is 0.155. The second-order valence-electron chi connectivity index (χ2n) is 18.7. The summed E-state index contributed by atoms with van der Waals surface area (Å²) in [5, 5.41) is 0. The highest BCUT2D eigenvalue weighted by Crippen LogP contribution is 2.57. The number of hydrogen-bond donors (Lipinski definition) is 0. The Bertz CT molecular complexity index is 2920. The van der Waals surface area contributed by atoms with E-state index in [1.54, 1.807) is 0 Å². The fraction of sp³-hybridized carbons (Fsp3) is 0.200. The van der Waals surface area contributed by atoms with Gasteiger partial charge in [-0.3, -0.25) is 0 Å². The van der Waals surface area contributed by atoms with Gasteiger partial charge in [0.1, 0.15) is 0 Å². The van der Waals surface area contributed by atoms with Gasteiger partial charge in [0.25, 0.3) is 0 Å². The molecule has 0 heterocycles. The van der Waals surface area contributed by atoms with Gasteiger partial charge in [-0.25, -0.2) is 0 Å². The van der Waals surface area contributed by atoms with E-state index in [0.717, 1.165) is 17.1 Å². The van der Waals surface area contributed by atoms with E-state index in [2.05, 4.69) is 215 Å². The van der Waals surface area contributed by atoms with Crippen LogP contribution in [0.1, 0.15) is 93.5 Å². The van der Waals surface area contributed by atoms with Crippen molar-refractivity contribution in [2.75, 3.05) is 4.90 Å². The first-order valence-electron chi connectivity index (χ1n) is 22.5. The molecule has 0 radical (unpaired) electrons. The van der Waals surface area contributed by atoms with Crippen LogP contribution in [-0.4, -0.2) is 0 Å². The van der Waals surface area contributed by atoms with Gasteiger partial charge < -0.3 is 4.90 Å². The summed E-state index contributed by atoms with van der Waals surface area (Å²) < 4.78 is 0. The largest absolute Gasteiger partial charge is 0.310 e. The zero-order chi connectivity index (χ0) is 41.3. The smallest absolute Gasteiger partial charge is 0.0540 e. The molecule has 3 aliphatic carbocycles. The summed E-state index contributed by atoms with van der Waals surface area (Å²) in [7, 11) is 0. The van der Waals surface area contributed by atoms with E-state index >= 15 is 0 Å². The number of nitrogens with zero attached hydrogens (tertiary/aromatic N) is 1. The van der Waals surface area contributed by atoms with E-state index in [1.807, 2.05) is 0 Å². The maximum Gasteiger partial charge on any atom is 0.0540 e. The molecular formula is C60H53N. The molecule has 0 aliphatic heterocycles. The molecule has 1 saturated carbocycles. The first-order chi connectivity index (χ1) is 29.8. The molecule has 8 aromatic carbocycles. The molecule has 0 saturated heterocycles. The summed E-state index contributed by atoms with van der Waals surface area (Å²) >= 11 is 0. The van der Waals surface area contributed by atoms with E-state index in [1.165, 1.54) is 116 Å². The topological polar surface area (TPSA) is 3.24 Å². The average Bonchev–Trinajstić information content (AvgIpc) is 3.69. The van der Waals surface area contributed by atoms with Crippen molar-refractivity contribution < 1.29 is 0 Å². The second-order valence-corrected chi connectivity index (χ2v) is 18.7. The van der Waals surface area contributed by atoms with Crippen molar-refractivity contribution in [2.24, 2.45) is 0 Å². The van der Waals surface area contributed by atoms with Crippen molar-refractivity contribution in [1.82, 2.24) is 0 Å². The minimum absolute atomic E-state index is 0.103. The Morgan fingerprint density at radius 1 is 0.377 bits per heavy atom. The van der Waals surface area contributed by atoms with Crippen LogP contribution < -0.4 is 4.90 Å². The molecule has 8 aromatic rings. The third-order valence-corrected chi connectivity index (χ3v) is 14.5. The Hall–Kier alpha value is -6.44. The van der Waals surface area contributed by atoms with Crippen molar-refractivity contribution in [2.45, 2.75) is 76.5 Å². The van der Waals surface area contributed by atoms with Gasteiger partial charge in [0.05, 0.1) is 5.69 Å². The van der Waals surface area contributed by atoms with E-state index in [0.29, 0.717) is 5.92 Å². The SMILES string of the molecule is CC1(C)c2ccccc2-c2cccc(-c3cccc4c3C(C)(C)c3cc(N(c5ccc(-c6ccc(C7CCCCC7)cc6)cc5)c5ccccc5-c5ccccc5)ccc3-4)c21. The number of fused-ring (bicyclic) bond motifs is 6. The predicted molar refractivity (Wildman–Crippen MR) is 258 cm³/mol. The van der Waals surface area contributed by atoms with Gasteiger partial charge in [0.2, 0.25) is 0 Å². The lowest BCUT2D eigenvalue weighted by Crippen LogP contribution is -2.19. The summed E-state index contributed by atoms with van der Waals surface area (Å²) in [6, 6.07) is 68.5. The maximum absolute atomic E-state index is 2.48. The van der Waals surface area contributed by atoms with Crippen molar-refractivity contribution in [3.63, 3.8) is 0 Å². The van der Waals surface area contributed by atoms with Crippen LogP contribution in [-0.2, 0) is 10.8 Å². The molecular weight excluding hydrogens is 735 g/mol. The number of hydrogen-bond acceptors (Lipinski definition) is 1. The van der Waals surface area contributed by atoms with Crippen LogP contribution in [0.4, 0.5) is 17.1 Å². The monoisotopic (exact) mass is 787 g/mol. The standard InChI is InChI=1S/C60H53N/c1-59(2)54-27-13-11-22-48(54)50-23-15-25-52(57(50)59)53-26-16-24-51-49-38-37-46(39-55(49)60(3,4)58(51)53)61(56-28-14-12-21-47(56)44-19-9-6-10-20-44)45-35-33-43(34-36-45)42-31-29-41(30-32-42)40-17-7-5-8-18-40/h6,9-16,19-40H,5,7-8,17-18H2,1-4H3. The predicted octanol–water partition coefficient (Wildman–Crippen LogP) is 16.8. The van der Waals surface area contributed by atoms with Crippen LogP contribution in [0, 0.1) is 0 Å². The van der Waals surface area contributed by atoms with E-state index in [4.69, 9.17) is 0 Å². The molecule has 61 heavy (non-hydrogen) atoms. The lowest BCUT2D eigenvalue weighted by atomic mass is 9.74. The Labute approximate surface area is 362 Å².